The highest BCUT2D eigenvalue weighted by atomic mass is 35.5. The average Bonchev–Trinajstić information content (AvgIpc) is 2.39. The van der Waals surface area contributed by atoms with E-state index in [0.717, 1.165) is 42.9 Å². The third-order valence-electron chi connectivity index (χ3n) is 3.99. The molecule has 0 aliphatic heterocycles. The zero-order chi connectivity index (χ0) is 14.4. The molecular formula is C16H25ClN2O. The SMILES string of the molecule is COCCNCc1ccc(N(C)CC2CCC2)c(Cl)c1. The average molecular weight is 297 g/mol. The second-order valence-corrected chi connectivity index (χ2v) is 6.04. The van der Waals surface area contributed by atoms with Gasteiger partial charge in [-0.2, -0.15) is 0 Å². The highest BCUT2D eigenvalue weighted by Gasteiger charge is 2.20. The summed E-state index contributed by atoms with van der Waals surface area (Å²) in [5, 5.41) is 4.18. The van der Waals surface area contributed by atoms with Crippen LogP contribution in [0.5, 0.6) is 0 Å². The number of methoxy groups -OCH3 is 1. The molecule has 1 saturated carbocycles. The van der Waals surface area contributed by atoms with Gasteiger partial charge in [0.25, 0.3) is 0 Å². The molecule has 0 atom stereocenters. The van der Waals surface area contributed by atoms with Gasteiger partial charge in [-0.15, -0.1) is 0 Å². The van der Waals surface area contributed by atoms with Crippen LogP contribution in [-0.4, -0.2) is 33.9 Å². The number of benzene rings is 1. The highest BCUT2D eigenvalue weighted by Crippen LogP contribution is 2.31. The van der Waals surface area contributed by atoms with Crippen molar-refractivity contribution in [1.82, 2.24) is 5.32 Å². The van der Waals surface area contributed by atoms with Crippen LogP contribution < -0.4 is 10.2 Å². The lowest BCUT2D eigenvalue weighted by molar-refractivity contribution is 0.199. The zero-order valence-corrected chi connectivity index (χ0v) is 13.2. The predicted molar refractivity (Wildman–Crippen MR) is 85.6 cm³/mol. The molecule has 0 heterocycles. The van der Waals surface area contributed by atoms with Gasteiger partial charge in [0.2, 0.25) is 0 Å². The molecule has 1 N–H and O–H groups in total. The van der Waals surface area contributed by atoms with E-state index in [1.165, 1.54) is 24.8 Å². The van der Waals surface area contributed by atoms with Gasteiger partial charge in [0, 0.05) is 33.8 Å². The summed E-state index contributed by atoms with van der Waals surface area (Å²) in [5.41, 5.74) is 2.35. The van der Waals surface area contributed by atoms with E-state index in [4.69, 9.17) is 16.3 Å². The van der Waals surface area contributed by atoms with Gasteiger partial charge < -0.3 is 15.0 Å². The van der Waals surface area contributed by atoms with Crippen LogP contribution in [0.2, 0.25) is 5.02 Å². The van der Waals surface area contributed by atoms with Crippen molar-refractivity contribution in [2.24, 2.45) is 5.92 Å². The Balaban J connectivity index is 1.87. The van der Waals surface area contributed by atoms with Crippen LogP contribution in [0.4, 0.5) is 5.69 Å². The van der Waals surface area contributed by atoms with Gasteiger partial charge in [-0.05, 0) is 36.5 Å². The Morgan fingerprint density at radius 1 is 1.40 bits per heavy atom. The number of halogens is 1. The van der Waals surface area contributed by atoms with Crippen LogP contribution in [0.3, 0.4) is 0 Å². The van der Waals surface area contributed by atoms with Crippen molar-refractivity contribution < 1.29 is 4.74 Å². The van der Waals surface area contributed by atoms with Gasteiger partial charge in [-0.1, -0.05) is 24.1 Å². The highest BCUT2D eigenvalue weighted by molar-refractivity contribution is 6.33. The number of hydrogen-bond donors (Lipinski definition) is 1. The van der Waals surface area contributed by atoms with Crippen LogP contribution >= 0.6 is 11.6 Å². The Labute approximate surface area is 127 Å². The topological polar surface area (TPSA) is 24.5 Å². The molecular weight excluding hydrogens is 272 g/mol. The van der Waals surface area contributed by atoms with E-state index in [0.29, 0.717) is 0 Å². The molecule has 112 valence electrons. The van der Waals surface area contributed by atoms with Gasteiger partial charge >= 0.3 is 0 Å². The molecule has 3 nitrogen and oxygen atoms in total. The molecule has 20 heavy (non-hydrogen) atoms. The van der Waals surface area contributed by atoms with E-state index in [1.807, 2.05) is 0 Å². The van der Waals surface area contributed by atoms with Crippen molar-refractivity contribution in [3.05, 3.63) is 28.8 Å². The van der Waals surface area contributed by atoms with Crippen molar-refractivity contribution in [3.8, 4) is 0 Å². The van der Waals surface area contributed by atoms with Crippen molar-refractivity contribution in [2.75, 3.05) is 38.8 Å². The first-order valence-electron chi connectivity index (χ1n) is 7.40. The fourth-order valence-corrected chi connectivity index (χ4v) is 2.89. The van der Waals surface area contributed by atoms with Crippen molar-refractivity contribution in [2.45, 2.75) is 25.8 Å². The maximum absolute atomic E-state index is 6.41. The minimum absolute atomic E-state index is 0.732. The van der Waals surface area contributed by atoms with E-state index in [1.54, 1.807) is 7.11 Å². The molecule has 1 aliphatic rings. The van der Waals surface area contributed by atoms with E-state index < -0.39 is 0 Å². The van der Waals surface area contributed by atoms with Crippen molar-refractivity contribution in [1.29, 1.82) is 0 Å². The van der Waals surface area contributed by atoms with E-state index >= 15 is 0 Å². The number of nitrogens with zero attached hydrogens (tertiary/aromatic N) is 1. The van der Waals surface area contributed by atoms with Crippen molar-refractivity contribution in [3.63, 3.8) is 0 Å². The second-order valence-electron chi connectivity index (χ2n) is 5.63. The van der Waals surface area contributed by atoms with Crippen LogP contribution in [0.25, 0.3) is 0 Å². The molecule has 1 aromatic carbocycles. The second kappa shape index (κ2) is 7.87. The van der Waals surface area contributed by atoms with Gasteiger partial charge in [-0.25, -0.2) is 0 Å². The number of ether oxygens (including phenoxy) is 1. The predicted octanol–water partition coefficient (Wildman–Crippen LogP) is 3.31. The minimum atomic E-state index is 0.732. The maximum Gasteiger partial charge on any atom is 0.0642 e. The standard InChI is InChI=1S/C16H25ClN2O/c1-19(12-13-4-3-5-13)16-7-6-14(10-15(16)17)11-18-8-9-20-2/h6-7,10,13,18H,3-5,8-9,11-12H2,1-2H3. The van der Waals surface area contributed by atoms with Crippen LogP contribution in [-0.2, 0) is 11.3 Å². The maximum atomic E-state index is 6.41. The van der Waals surface area contributed by atoms with Gasteiger partial charge in [0.05, 0.1) is 17.3 Å². The first-order valence-corrected chi connectivity index (χ1v) is 7.77. The van der Waals surface area contributed by atoms with Crippen LogP contribution in [0.1, 0.15) is 24.8 Å². The number of nitrogens with one attached hydrogen (secondary N) is 1. The molecule has 1 aliphatic carbocycles. The number of anilines is 1. The summed E-state index contributed by atoms with van der Waals surface area (Å²) in [5.74, 6) is 0.853. The monoisotopic (exact) mass is 296 g/mol. The Morgan fingerprint density at radius 2 is 2.20 bits per heavy atom. The molecule has 0 bridgehead atoms. The summed E-state index contributed by atoms with van der Waals surface area (Å²) in [4.78, 5) is 2.29. The van der Waals surface area contributed by atoms with E-state index in [2.05, 4.69) is 35.5 Å². The Kier molecular flexibility index (Phi) is 6.14. The van der Waals surface area contributed by atoms with Crippen molar-refractivity contribution >= 4 is 17.3 Å². The largest absolute Gasteiger partial charge is 0.383 e. The van der Waals surface area contributed by atoms with Crippen LogP contribution in [0.15, 0.2) is 18.2 Å². The third-order valence-corrected chi connectivity index (χ3v) is 4.29. The Bertz CT molecular complexity index is 421. The third kappa shape index (κ3) is 4.37. The summed E-state index contributed by atoms with van der Waals surface area (Å²) in [7, 11) is 3.85. The van der Waals surface area contributed by atoms with Gasteiger partial charge in [0.15, 0.2) is 0 Å². The number of hydrogen-bond acceptors (Lipinski definition) is 3. The first kappa shape index (κ1) is 15.6. The minimum Gasteiger partial charge on any atom is -0.383 e. The quantitative estimate of drug-likeness (QED) is 0.745. The van der Waals surface area contributed by atoms with Gasteiger partial charge in [-0.3, -0.25) is 0 Å². The molecule has 4 heteroatoms. The summed E-state index contributed by atoms with van der Waals surface area (Å²) in [6.45, 7) is 3.54. The number of rotatable bonds is 8. The lowest BCUT2D eigenvalue weighted by Gasteiger charge is -2.31. The fraction of sp³-hybridized carbons (Fsp3) is 0.625. The summed E-state index contributed by atoms with van der Waals surface area (Å²) < 4.78 is 5.01. The molecule has 0 unspecified atom stereocenters. The van der Waals surface area contributed by atoms with E-state index in [9.17, 15) is 0 Å². The molecule has 2 rings (SSSR count). The molecule has 1 aromatic rings. The molecule has 0 saturated heterocycles. The molecule has 0 spiro atoms. The molecule has 0 amide bonds. The molecule has 0 aromatic heterocycles. The van der Waals surface area contributed by atoms with Crippen LogP contribution in [0, 0.1) is 5.92 Å². The van der Waals surface area contributed by atoms with E-state index in [-0.39, 0.29) is 0 Å². The molecule has 1 fully saturated rings. The lowest BCUT2D eigenvalue weighted by atomic mass is 9.85. The lowest BCUT2D eigenvalue weighted by Crippen LogP contribution is -2.29. The summed E-state index contributed by atoms with van der Waals surface area (Å²) >= 11 is 6.41. The summed E-state index contributed by atoms with van der Waals surface area (Å²) in [6.07, 6.45) is 4.12. The van der Waals surface area contributed by atoms with Gasteiger partial charge in [0.1, 0.15) is 0 Å². The summed E-state index contributed by atoms with van der Waals surface area (Å²) in [6, 6.07) is 6.35. The smallest absolute Gasteiger partial charge is 0.0642 e. The first-order chi connectivity index (χ1) is 9.70. The zero-order valence-electron chi connectivity index (χ0n) is 12.5. The Hall–Kier alpha value is -0.770. The molecule has 0 radical (unpaired) electrons. The fourth-order valence-electron chi connectivity index (χ4n) is 2.54. The normalized spacial score (nSPS) is 15.2. The Morgan fingerprint density at radius 3 is 2.80 bits per heavy atom.